The van der Waals surface area contributed by atoms with Crippen LogP contribution < -0.4 is 0 Å². The van der Waals surface area contributed by atoms with Crippen LogP contribution in [0.5, 0.6) is 0 Å². The van der Waals surface area contributed by atoms with Crippen LogP contribution in [0.1, 0.15) is 331 Å². The van der Waals surface area contributed by atoms with Gasteiger partial charge in [0.15, 0.2) is 12.2 Å². The van der Waals surface area contributed by atoms with Crippen molar-refractivity contribution in [3.05, 3.63) is 0 Å². The molecular weight excluding hydrogens is 1150 g/mol. The number of carbonyl (C=O) groups is 4. The van der Waals surface area contributed by atoms with Crippen molar-refractivity contribution in [2.45, 2.75) is 350 Å². The van der Waals surface area contributed by atoms with Gasteiger partial charge in [-0.05, 0) is 49.4 Å². The normalized spacial score (nSPS) is 15.3. The van der Waals surface area contributed by atoms with E-state index in [1.165, 1.54) is 128 Å². The second-order valence-corrected chi connectivity index (χ2v) is 28.7. The predicted molar refractivity (Wildman–Crippen MR) is 349 cm³/mol. The Bertz CT molecular complexity index is 1740. The molecule has 0 aromatic heterocycles. The Morgan fingerprint density at radius 2 is 0.552 bits per heavy atom. The first-order chi connectivity index (χ1) is 41.7. The van der Waals surface area contributed by atoms with E-state index < -0.39 is 97.5 Å². The molecule has 0 rings (SSSR count). The number of aliphatic hydroxyl groups excluding tert-OH is 1. The average Bonchev–Trinajstić information content (AvgIpc) is 3.65. The lowest BCUT2D eigenvalue weighted by molar-refractivity contribution is -0.161. The number of rotatable bonds is 65. The van der Waals surface area contributed by atoms with E-state index >= 15 is 0 Å². The topological polar surface area (TPSA) is 237 Å². The summed E-state index contributed by atoms with van der Waals surface area (Å²) in [5, 5.41) is 10.6. The molecule has 19 heteroatoms. The van der Waals surface area contributed by atoms with Crippen LogP contribution in [0.3, 0.4) is 0 Å². The molecule has 0 radical (unpaired) electrons. The molecular formula is C68H132O17P2. The van der Waals surface area contributed by atoms with Gasteiger partial charge < -0.3 is 33.8 Å². The Morgan fingerprint density at radius 3 is 0.816 bits per heavy atom. The molecule has 0 aliphatic rings. The standard InChI is InChI=1S/C68H132O17P2/c1-9-59(6)45-37-29-20-16-12-14-18-22-32-40-48-65(70)78-54-64(85-68(73)51-43-35-26-24-28-36-44-58(4)5)57-83-87(76,77)81-53-62(69)52-80-86(74,75)82-56-63(55-79-66(71)49-41-33-27-25-31-39-47-61(8)11-3)84-67(72)50-42-34-23-19-15-13-17-21-30-38-46-60(7)10-2/h58-64,69H,9-57H2,1-8H3,(H,74,75)(H,76,77)/t59?,60?,61?,62-,63+,64+/m0/s1. The molecule has 0 spiro atoms. The Hall–Kier alpha value is -1.94. The first kappa shape index (κ1) is 85.1. The van der Waals surface area contributed by atoms with E-state index in [1.807, 2.05) is 0 Å². The van der Waals surface area contributed by atoms with Crippen LogP contribution in [-0.2, 0) is 65.4 Å². The Balaban J connectivity index is 5.24. The Morgan fingerprint density at radius 1 is 0.322 bits per heavy atom. The predicted octanol–water partition coefficient (Wildman–Crippen LogP) is 18.9. The third-order valence-electron chi connectivity index (χ3n) is 16.7. The molecule has 0 fully saturated rings. The molecule has 0 aromatic carbocycles. The maximum Gasteiger partial charge on any atom is 0.472 e. The molecule has 0 aliphatic heterocycles. The molecule has 0 aliphatic carbocycles. The minimum Gasteiger partial charge on any atom is -0.462 e. The van der Waals surface area contributed by atoms with Crippen molar-refractivity contribution in [1.82, 2.24) is 0 Å². The van der Waals surface area contributed by atoms with Crippen molar-refractivity contribution in [3.63, 3.8) is 0 Å². The van der Waals surface area contributed by atoms with Crippen LogP contribution >= 0.6 is 15.6 Å². The number of phosphoric acid groups is 2. The summed E-state index contributed by atoms with van der Waals surface area (Å²) in [6, 6.07) is 0. The Labute approximate surface area is 530 Å². The van der Waals surface area contributed by atoms with E-state index in [2.05, 4.69) is 55.4 Å². The zero-order chi connectivity index (χ0) is 64.7. The summed E-state index contributed by atoms with van der Waals surface area (Å²) in [5.41, 5.74) is 0. The van der Waals surface area contributed by atoms with Crippen molar-refractivity contribution in [2.75, 3.05) is 39.6 Å². The molecule has 17 nitrogen and oxygen atoms in total. The summed E-state index contributed by atoms with van der Waals surface area (Å²) in [6.45, 7) is 14.1. The lowest BCUT2D eigenvalue weighted by atomic mass is 9.99. The van der Waals surface area contributed by atoms with Gasteiger partial charge in [-0.15, -0.1) is 0 Å². The third-order valence-corrected chi connectivity index (χ3v) is 18.6. The molecule has 5 unspecified atom stereocenters. The lowest BCUT2D eigenvalue weighted by Crippen LogP contribution is -2.30. The molecule has 3 N–H and O–H groups in total. The minimum absolute atomic E-state index is 0.101. The van der Waals surface area contributed by atoms with Gasteiger partial charge in [0.05, 0.1) is 26.4 Å². The van der Waals surface area contributed by atoms with E-state index in [9.17, 15) is 43.2 Å². The number of unbranched alkanes of at least 4 members (excludes halogenated alkanes) is 28. The first-order valence-electron chi connectivity index (χ1n) is 35.3. The maximum absolute atomic E-state index is 13.0. The van der Waals surface area contributed by atoms with Gasteiger partial charge in [0.1, 0.15) is 19.3 Å². The number of phosphoric ester groups is 2. The molecule has 87 heavy (non-hydrogen) atoms. The van der Waals surface area contributed by atoms with Gasteiger partial charge in [-0.25, -0.2) is 9.13 Å². The third kappa shape index (κ3) is 58.9. The highest BCUT2D eigenvalue weighted by Crippen LogP contribution is 2.45. The summed E-state index contributed by atoms with van der Waals surface area (Å²) >= 11 is 0. The van der Waals surface area contributed by atoms with Crippen LogP contribution in [0, 0.1) is 23.7 Å². The molecule has 8 atom stereocenters. The fourth-order valence-electron chi connectivity index (χ4n) is 10.0. The van der Waals surface area contributed by atoms with Crippen LogP contribution in [0.25, 0.3) is 0 Å². The van der Waals surface area contributed by atoms with E-state index in [4.69, 9.17) is 37.0 Å². The van der Waals surface area contributed by atoms with Crippen LogP contribution in [0.2, 0.25) is 0 Å². The summed E-state index contributed by atoms with van der Waals surface area (Å²) < 4.78 is 68.2. The van der Waals surface area contributed by atoms with Gasteiger partial charge >= 0.3 is 39.5 Å². The van der Waals surface area contributed by atoms with Crippen molar-refractivity contribution in [1.29, 1.82) is 0 Å². The van der Waals surface area contributed by atoms with Crippen molar-refractivity contribution >= 4 is 39.5 Å². The first-order valence-corrected chi connectivity index (χ1v) is 38.3. The number of hydrogen-bond acceptors (Lipinski definition) is 15. The fourth-order valence-corrected chi connectivity index (χ4v) is 11.6. The molecule has 516 valence electrons. The number of hydrogen-bond donors (Lipinski definition) is 3. The largest absolute Gasteiger partial charge is 0.472 e. The second kappa shape index (κ2) is 57.9. The zero-order valence-corrected chi connectivity index (χ0v) is 58.4. The van der Waals surface area contributed by atoms with Crippen molar-refractivity contribution in [2.24, 2.45) is 23.7 Å². The van der Waals surface area contributed by atoms with E-state index in [-0.39, 0.29) is 25.7 Å². The van der Waals surface area contributed by atoms with E-state index in [1.54, 1.807) is 0 Å². The summed E-state index contributed by atoms with van der Waals surface area (Å²) in [7, 11) is -9.90. The lowest BCUT2D eigenvalue weighted by Gasteiger charge is -2.21. The van der Waals surface area contributed by atoms with E-state index in [0.717, 1.165) is 114 Å². The monoisotopic (exact) mass is 1280 g/mol. The second-order valence-electron chi connectivity index (χ2n) is 25.8. The smallest absolute Gasteiger partial charge is 0.462 e. The van der Waals surface area contributed by atoms with Crippen LogP contribution in [-0.4, -0.2) is 96.7 Å². The summed E-state index contributed by atoms with van der Waals surface area (Å²) in [6.07, 6.45) is 39.0. The number of carbonyl (C=O) groups excluding carboxylic acids is 4. The molecule has 0 amide bonds. The van der Waals surface area contributed by atoms with Gasteiger partial charge in [0.25, 0.3) is 0 Å². The van der Waals surface area contributed by atoms with Gasteiger partial charge in [0.2, 0.25) is 0 Å². The Kier molecular flexibility index (Phi) is 56.6. The number of aliphatic hydroxyl groups is 1. The molecule has 0 saturated carbocycles. The summed E-state index contributed by atoms with van der Waals surface area (Å²) in [4.78, 5) is 72.4. The van der Waals surface area contributed by atoms with Gasteiger partial charge in [-0.3, -0.25) is 37.3 Å². The number of ether oxygens (including phenoxy) is 4. The summed E-state index contributed by atoms with van der Waals surface area (Å²) in [5.74, 6) is 0.876. The quantitative estimate of drug-likeness (QED) is 0.0222. The van der Waals surface area contributed by atoms with Crippen LogP contribution in [0.15, 0.2) is 0 Å². The van der Waals surface area contributed by atoms with Gasteiger partial charge in [0, 0.05) is 25.7 Å². The molecule has 0 saturated heterocycles. The molecule has 0 heterocycles. The highest BCUT2D eigenvalue weighted by molar-refractivity contribution is 7.47. The van der Waals surface area contributed by atoms with Crippen molar-refractivity contribution < 1.29 is 80.2 Å². The molecule has 0 aromatic rings. The average molecular weight is 1280 g/mol. The van der Waals surface area contributed by atoms with Crippen molar-refractivity contribution in [3.8, 4) is 0 Å². The van der Waals surface area contributed by atoms with Gasteiger partial charge in [-0.1, -0.05) is 280 Å². The van der Waals surface area contributed by atoms with Gasteiger partial charge in [-0.2, -0.15) is 0 Å². The van der Waals surface area contributed by atoms with Crippen LogP contribution in [0.4, 0.5) is 0 Å². The van der Waals surface area contributed by atoms with E-state index in [0.29, 0.717) is 31.6 Å². The minimum atomic E-state index is -4.95. The number of esters is 4. The zero-order valence-electron chi connectivity index (χ0n) is 56.6. The highest BCUT2D eigenvalue weighted by Gasteiger charge is 2.30. The fraction of sp³-hybridized carbons (Fsp3) is 0.941. The molecule has 0 bridgehead atoms. The SMILES string of the molecule is CCC(C)CCCCCCCCCCCCC(=O)OC[C@H](COP(=O)(O)OC[C@@H](O)COP(=O)(O)OC[C@@H](COC(=O)CCCCCCCCC(C)CC)OC(=O)CCCCCCCCCCCCC(C)CC)OC(=O)CCCCCCCCC(C)C. The highest BCUT2D eigenvalue weighted by atomic mass is 31.2. The maximum atomic E-state index is 13.0.